The molecule has 1 fully saturated rings. The second kappa shape index (κ2) is 6.58. The standard InChI is InChI=1S/C17H26N2O2/c1-17(2,3)21-16(20)14-10-7-11-19(15(14)18)12-13-8-5-4-6-9-13/h4-6,8-9,14-15H,7,10-12,18H2,1-3H3/t14?,15-/m1/s1. The summed E-state index contributed by atoms with van der Waals surface area (Å²) in [6.45, 7) is 7.37. The monoisotopic (exact) mass is 290 g/mol. The highest BCUT2D eigenvalue weighted by atomic mass is 16.6. The minimum Gasteiger partial charge on any atom is -0.460 e. The number of benzene rings is 1. The normalized spacial score (nSPS) is 23.8. The molecule has 1 aliphatic heterocycles. The fourth-order valence-electron chi connectivity index (χ4n) is 2.73. The first-order valence-electron chi connectivity index (χ1n) is 7.63. The zero-order valence-corrected chi connectivity index (χ0v) is 13.2. The number of nitrogens with two attached hydrogens (primary N) is 1. The Morgan fingerprint density at radius 2 is 2.00 bits per heavy atom. The molecule has 2 rings (SSSR count). The molecule has 0 amide bonds. The second-order valence-corrected chi connectivity index (χ2v) is 6.73. The van der Waals surface area contributed by atoms with Gasteiger partial charge in [0.2, 0.25) is 0 Å². The van der Waals surface area contributed by atoms with E-state index in [1.165, 1.54) is 5.56 Å². The lowest BCUT2D eigenvalue weighted by atomic mass is 9.94. The van der Waals surface area contributed by atoms with Crippen molar-refractivity contribution in [2.45, 2.75) is 51.9 Å². The summed E-state index contributed by atoms with van der Waals surface area (Å²) < 4.78 is 5.50. The molecule has 1 aromatic rings. The summed E-state index contributed by atoms with van der Waals surface area (Å²) in [6, 6.07) is 10.2. The number of hydrogen-bond acceptors (Lipinski definition) is 4. The molecule has 21 heavy (non-hydrogen) atoms. The largest absolute Gasteiger partial charge is 0.460 e. The molecule has 116 valence electrons. The summed E-state index contributed by atoms with van der Waals surface area (Å²) in [7, 11) is 0. The number of piperidine rings is 1. The summed E-state index contributed by atoms with van der Waals surface area (Å²) in [6.07, 6.45) is 1.51. The maximum absolute atomic E-state index is 12.3. The third kappa shape index (κ3) is 4.55. The van der Waals surface area contributed by atoms with Crippen molar-refractivity contribution in [2.24, 2.45) is 11.7 Å². The zero-order valence-electron chi connectivity index (χ0n) is 13.2. The van der Waals surface area contributed by atoms with Crippen LogP contribution < -0.4 is 5.73 Å². The van der Waals surface area contributed by atoms with E-state index in [1.54, 1.807) is 0 Å². The van der Waals surface area contributed by atoms with E-state index >= 15 is 0 Å². The summed E-state index contributed by atoms with van der Waals surface area (Å²) in [4.78, 5) is 14.5. The molecular formula is C17H26N2O2. The van der Waals surface area contributed by atoms with Gasteiger partial charge in [-0.25, -0.2) is 0 Å². The number of carbonyl (C=O) groups is 1. The highest BCUT2D eigenvalue weighted by Gasteiger charge is 2.36. The van der Waals surface area contributed by atoms with E-state index in [0.29, 0.717) is 0 Å². The summed E-state index contributed by atoms with van der Waals surface area (Å²) in [5.41, 5.74) is 7.08. The first-order chi connectivity index (χ1) is 9.87. The Labute approximate surface area is 127 Å². The molecule has 4 nitrogen and oxygen atoms in total. The molecule has 0 radical (unpaired) electrons. The second-order valence-electron chi connectivity index (χ2n) is 6.73. The molecule has 1 aromatic carbocycles. The van der Waals surface area contributed by atoms with E-state index in [4.69, 9.17) is 10.5 Å². The molecular weight excluding hydrogens is 264 g/mol. The minimum atomic E-state index is -0.460. The van der Waals surface area contributed by atoms with Gasteiger partial charge in [0, 0.05) is 13.1 Å². The van der Waals surface area contributed by atoms with Crippen LogP contribution >= 0.6 is 0 Å². The number of ether oxygens (including phenoxy) is 1. The quantitative estimate of drug-likeness (QED) is 0.869. The van der Waals surface area contributed by atoms with E-state index in [9.17, 15) is 4.79 Å². The van der Waals surface area contributed by atoms with Crippen molar-refractivity contribution >= 4 is 5.97 Å². The molecule has 1 unspecified atom stereocenters. The molecule has 2 N–H and O–H groups in total. The van der Waals surface area contributed by atoms with Crippen LogP contribution in [0.25, 0.3) is 0 Å². The van der Waals surface area contributed by atoms with Gasteiger partial charge >= 0.3 is 5.97 Å². The van der Waals surface area contributed by atoms with Gasteiger partial charge in [-0.2, -0.15) is 0 Å². The zero-order chi connectivity index (χ0) is 15.5. The van der Waals surface area contributed by atoms with Gasteiger partial charge in [-0.3, -0.25) is 9.69 Å². The topological polar surface area (TPSA) is 55.6 Å². The van der Waals surface area contributed by atoms with Crippen molar-refractivity contribution in [2.75, 3.05) is 6.54 Å². The van der Waals surface area contributed by atoms with Crippen LogP contribution in [0.2, 0.25) is 0 Å². The third-order valence-corrected chi connectivity index (χ3v) is 3.73. The Bertz CT molecular complexity index is 467. The molecule has 2 atom stereocenters. The Kier molecular flexibility index (Phi) is 5.01. The van der Waals surface area contributed by atoms with Crippen molar-refractivity contribution in [3.63, 3.8) is 0 Å². The molecule has 1 saturated heterocycles. The molecule has 0 aliphatic carbocycles. The summed E-state index contributed by atoms with van der Waals surface area (Å²) >= 11 is 0. The molecule has 0 spiro atoms. The Hall–Kier alpha value is -1.39. The highest BCUT2D eigenvalue weighted by Crippen LogP contribution is 2.25. The van der Waals surface area contributed by atoms with Gasteiger partial charge in [-0.15, -0.1) is 0 Å². The maximum atomic E-state index is 12.3. The fourth-order valence-corrected chi connectivity index (χ4v) is 2.73. The van der Waals surface area contributed by atoms with E-state index < -0.39 is 5.60 Å². The predicted octanol–water partition coefficient (Wildman–Crippen LogP) is 2.53. The molecule has 0 aromatic heterocycles. The van der Waals surface area contributed by atoms with Crippen molar-refractivity contribution in [3.8, 4) is 0 Å². The van der Waals surface area contributed by atoms with Crippen LogP contribution in [-0.2, 0) is 16.1 Å². The van der Waals surface area contributed by atoms with Crippen LogP contribution in [0.15, 0.2) is 30.3 Å². The van der Waals surface area contributed by atoms with Gasteiger partial charge < -0.3 is 10.5 Å². The van der Waals surface area contributed by atoms with Crippen molar-refractivity contribution in [1.29, 1.82) is 0 Å². The minimum absolute atomic E-state index is 0.173. The third-order valence-electron chi connectivity index (χ3n) is 3.73. The number of hydrogen-bond donors (Lipinski definition) is 1. The number of esters is 1. The number of nitrogens with zero attached hydrogens (tertiary/aromatic N) is 1. The average molecular weight is 290 g/mol. The lowest BCUT2D eigenvalue weighted by Crippen LogP contribution is -2.53. The summed E-state index contributed by atoms with van der Waals surface area (Å²) in [5, 5.41) is 0. The molecule has 0 saturated carbocycles. The van der Waals surface area contributed by atoms with Crippen LogP contribution in [-0.4, -0.2) is 29.2 Å². The molecule has 0 bridgehead atoms. The first-order valence-corrected chi connectivity index (χ1v) is 7.63. The van der Waals surface area contributed by atoms with Crippen molar-refractivity contribution < 1.29 is 9.53 Å². The van der Waals surface area contributed by atoms with Gasteiger partial charge in [0.25, 0.3) is 0 Å². The van der Waals surface area contributed by atoms with E-state index in [2.05, 4.69) is 17.0 Å². The fraction of sp³-hybridized carbons (Fsp3) is 0.588. The number of carbonyl (C=O) groups excluding carboxylic acids is 1. The predicted molar refractivity (Wildman–Crippen MR) is 83.4 cm³/mol. The van der Waals surface area contributed by atoms with E-state index in [-0.39, 0.29) is 18.1 Å². The van der Waals surface area contributed by atoms with E-state index in [0.717, 1.165) is 25.9 Å². The Morgan fingerprint density at radius 3 is 2.62 bits per heavy atom. The van der Waals surface area contributed by atoms with Crippen molar-refractivity contribution in [1.82, 2.24) is 4.90 Å². The lowest BCUT2D eigenvalue weighted by molar-refractivity contribution is -0.164. The smallest absolute Gasteiger partial charge is 0.312 e. The lowest BCUT2D eigenvalue weighted by Gasteiger charge is -2.38. The SMILES string of the molecule is CC(C)(C)OC(=O)C1CCCN(Cc2ccccc2)[C@H]1N. The average Bonchev–Trinajstić information content (AvgIpc) is 2.40. The van der Waals surface area contributed by atoms with Gasteiger partial charge in [0.05, 0.1) is 12.1 Å². The maximum Gasteiger partial charge on any atom is 0.312 e. The molecule has 1 heterocycles. The van der Waals surface area contributed by atoms with E-state index in [1.807, 2.05) is 39.0 Å². The van der Waals surface area contributed by atoms with Gasteiger partial charge in [0.1, 0.15) is 5.60 Å². The van der Waals surface area contributed by atoms with Crippen LogP contribution in [0, 0.1) is 5.92 Å². The summed E-state index contributed by atoms with van der Waals surface area (Å²) in [5.74, 6) is -0.408. The van der Waals surface area contributed by atoms with Crippen LogP contribution in [0.3, 0.4) is 0 Å². The number of rotatable bonds is 3. The van der Waals surface area contributed by atoms with Crippen LogP contribution in [0.4, 0.5) is 0 Å². The Balaban J connectivity index is 2.01. The van der Waals surface area contributed by atoms with Gasteiger partial charge in [0.15, 0.2) is 0 Å². The van der Waals surface area contributed by atoms with Crippen LogP contribution in [0.5, 0.6) is 0 Å². The molecule has 4 heteroatoms. The number of likely N-dealkylation sites (tertiary alicyclic amines) is 1. The Morgan fingerprint density at radius 1 is 1.33 bits per heavy atom. The molecule has 1 aliphatic rings. The van der Waals surface area contributed by atoms with Crippen molar-refractivity contribution in [3.05, 3.63) is 35.9 Å². The van der Waals surface area contributed by atoms with Gasteiger partial charge in [-0.1, -0.05) is 30.3 Å². The van der Waals surface area contributed by atoms with Gasteiger partial charge in [-0.05, 0) is 39.2 Å². The highest BCUT2D eigenvalue weighted by molar-refractivity contribution is 5.73. The van der Waals surface area contributed by atoms with Crippen LogP contribution in [0.1, 0.15) is 39.2 Å². The first kappa shape index (κ1) is 16.0.